The number of rotatable bonds is 7. The van der Waals surface area contributed by atoms with E-state index in [4.69, 9.17) is 9.47 Å². The van der Waals surface area contributed by atoms with Crippen molar-refractivity contribution in [3.8, 4) is 5.75 Å². The number of hydrogen-bond donors (Lipinski definition) is 1. The molecular weight excluding hydrogens is 496 g/mol. The number of fused-ring (bicyclic) bond motifs is 2. The summed E-state index contributed by atoms with van der Waals surface area (Å²) < 4.78 is 36.1. The highest BCUT2D eigenvalue weighted by molar-refractivity contribution is 7.94. The molecule has 0 saturated carbocycles. The maximum absolute atomic E-state index is 13.3. The van der Waals surface area contributed by atoms with Crippen molar-refractivity contribution in [2.24, 2.45) is 0 Å². The van der Waals surface area contributed by atoms with E-state index in [9.17, 15) is 22.8 Å². The average Bonchev–Trinajstić information content (AvgIpc) is 3.04. The van der Waals surface area contributed by atoms with Crippen LogP contribution in [0.5, 0.6) is 5.75 Å². The van der Waals surface area contributed by atoms with Crippen LogP contribution in [0.15, 0.2) is 72.8 Å². The van der Waals surface area contributed by atoms with Crippen molar-refractivity contribution in [1.82, 2.24) is 10.2 Å². The largest absolute Gasteiger partial charge is 0.483 e. The number of nitrogens with one attached hydrogen (secondary N) is 1. The normalized spacial score (nSPS) is 23.1. The molecule has 192 valence electrons. The predicted octanol–water partition coefficient (Wildman–Crippen LogP) is 2.19. The summed E-state index contributed by atoms with van der Waals surface area (Å²) in [5, 5.41) is 2.88. The number of carbonyl (C=O) groups excluding carboxylic acids is 3. The minimum Gasteiger partial charge on any atom is -0.483 e. The predicted molar refractivity (Wildman–Crippen MR) is 135 cm³/mol. The van der Waals surface area contributed by atoms with Crippen LogP contribution in [0, 0.1) is 0 Å². The number of sulfone groups is 1. The number of benzene rings is 3. The molecule has 0 spiro atoms. The first-order chi connectivity index (χ1) is 17.6. The first-order valence-corrected chi connectivity index (χ1v) is 13.3. The first kappa shape index (κ1) is 24.8. The highest BCUT2D eigenvalue weighted by Crippen LogP contribution is 2.46. The maximum atomic E-state index is 13.3. The van der Waals surface area contributed by atoms with E-state index in [0.29, 0.717) is 5.75 Å². The molecule has 2 fully saturated rings. The van der Waals surface area contributed by atoms with Gasteiger partial charge >= 0.3 is 5.97 Å². The molecular formula is C27H26N2O7S. The number of ether oxygens (including phenoxy) is 2. The van der Waals surface area contributed by atoms with Gasteiger partial charge < -0.3 is 19.7 Å². The summed E-state index contributed by atoms with van der Waals surface area (Å²) in [4.78, 5) is 39.6. The Morgan fingerprint density at radius 2 is 1.65 bits per heavy atom. The van der Waals surface area contributed by atoms with Crippen LogP contribution in [0.1, 0.15) is 19.4 Å². The monoisotopic (exact) mass is 522 g/mol. The van der Waals surface area contributed by atoms with Gasteiger partial charge in [-0.3, -0.25) is 9.59 Å². The molecule has 1 N–H and O–H groups in total. The Morgan fingerprint density at radius 3 is 2.41 bits per heavy atom. The Morgan fingerprint density at radius 1 is 0.973 bits per heavy atom. The molecule has 2 aliphatic rings. The summed E-state index contributed by atoms with van der Waals surface area (Å²) >= 11 is 0. The van der Waals surface area contributed by atoms with Crippen LogP contribution in [0.2, 0.25) is 0 Å². The van der Waals surface area contributed by atoms with Crippen molar-refractivity contribution in [3.63, 3.8) is 0 Å². The first-order valence-electron chi connectivity index (χ1n) is 11.8. The van der Waals surface area contributed by atoms with Crippen LogP contribution < -0.4 is 10.1 Å². The number of β-lactam (4-membered cyclic amide) rings is 1. The highest BCUT2D eigenvalue weighted by Gasteiger charge is 2.72. The Bertz CT molecular complexity index is 1480. The second kappa shape index (κ2) is 9.19. The molecule has 0 bridgehead atoms. The zero-order valence-electron chi connectivity index (χ0n) is 20.3. The van der Waals surface area contributed by atoms with Gasteiger partial charge in [0, 0.05) is 5.39 Å². The van der Waals surface area contributed by atoms with Crippen LogP contribution in [-0.4, -0.2) is 59.9 Å². The fourth-order valence-electron chi connectivity index (χ4n) is 4.91. The zero-order chi connectivity index (χ0) is 26.4. The van der Waals surface area contributed by atoms with Gasteiger partial charge in [-0.2, -0.15) is 0 Å². The molecule has 2 heterocycles. The number of esters is 1. The Hall–Kier alpha value is -3.92. The molecule has 2 amide bonds. The van der Waals surface area contributed by atoms with Crippen LogP contribution >= 0.6 is 0 Å². The molecule has 5 rings (SSSR count). The van der Waals surface area contributed by atoms with E-state index >= 15 is 0 Å². The quantitative estimate of drug-likeness (QED) is 0.373. The average molecular weight is 523 g/mol. The Balaban J connectivity index is 1.27. The Kier molecular flexibility index (Phi) is 6.15. The van der Waals surface area contributed by atoms with Crippen LogP contribution in [0.25, 0.3) is 10.8 Å². The van der Waals surface area contributed by atoms with Crippen molar-refractivity contribution in [2.75, 3.05) is 6.61 Å². The third-order valence-corrected chi connectivity index (χ3v) is 9.76. The molecule has 3 aromatic carbocycles. The van der Waals surface area contributed by atoms with E-state index in [-0.39, 0.29) is 6.61 Å². The lowest BCUT2D eigenvalue weighted by atomic mass is 9.96. The van der Waals surface area contributed by atoms with E-state index in [1.165, 1.54) is 13.8 Å². The second-order valence-corrected chi connectivity index (χ2v) is 12.2. The van der Waals surface area contributed by atoms with Crippen molar-refractivity contribution >= 4 is 38.4 Å². The lowest BCUT2D eigenvalue weighted by Gasteiger charge is -2.42. The van der Waals surface area contributed by atoms with Gasteiger partial charge in [0.1, 0.15) is 29.2 Å². The van der Waals surface area contributed by atoms with Crippen LogP contribution in [-0.2, 0) is 35.6 Å². The fraction of sp³-hybridized carbons (Fsp3) is 0.296. The lowest BCUT2D eigenvalue weighted by molar-refractivity contribution is -0.165. The summed E-state index contributed by atoms with van der Waals surface area (Å²) in [6, 6.07) is 19.3. The Labute approximate surface area is 214 Å². The highest BCUT2D eigenvalue weighted by atomic mass is 32.2. The van der Waals surface area contributed by atoms with Gasteiger partial charge in [-0.15, -0.1) is 0 Å². The number of amides is 2. The minimum absolute atomic E-state index is 0.0509. The van der Waals surface area contributed by atoms with Crippen molar-refractivity contribution < 1.29 is 32.3 Å². The molecule has 9 nitrogen and oxygen atoms in total. The second-order valence-electron chi connectivity index (χ2n) is 9.59. The van der Waals surface area contributed by atoms with Crippen molar-refractivity contribution in [3.05, 3.63) is 78.4 Å². The standard InChI is InChI=1S/C27H26N2O7S/c1-27(2)23(26(32)36-15-17-9-4-3-5-10-17)29-24(31)22(25(29)37(27,33)34)28-21(30)16-35-20-14-8-12-18-11-6-7-13-19(18)20/h3-14,22-23,25H,15-16H2,1-2H3,(H,28,30)/t22-,23+,25-/m1/s1. The van der Waals surface area contributed by atoms with Gasteiger partial charge in [0.05, 0.1) is 0 Å². The SMILES string of the molecule is CC1(C)[C@H](C(=O)OCc2ccccc2)N2C(=O)[C@@H](NC(=O)COc3cccc4ccccc34)[C@H]2S1(=O)=O. The number of carbonyl (C=O) groups is 3. The van der Waals surface area contributed by atoms with Gasteiger partial charge in [0.15, 0.2) is 21.8 Å². The maximum Gasteiger partial charge on any atom is 0.330 e. The summed E-state index contributed by atoms with van der Waals surface area (Å²) in [6.07, 6.45) is 0. The van der Waals surface area contributed by atoms with Crippen LogP contribution in [0.3, 0.4) is 0 Å². The molecule has 37 heavy (non-hydrogen) atoms. The third-order valence-electron chi connectivity index (χ3n) is 6.94. The van der Waals surface area contributed by atoms with E-state index in [1.54, 1.807) is 36.4 Å². The van der Waals surface area contributed by atoms with E-state index in [0.717, 1.165) is 21.2 Å². The smallest absolute Gasteiger partial charge is 0.330 e. The van der Waals surface area contributed by atoms with Crippen molar-refractivity contribution in [1.29, 1.82) is 0 Å². The summed E-state index contributed by atoms with van der Waals surface area (Å²) in [5.41, 5.74) is 0.734. The number of hydrogen-bond acceptors (Lipinski definition) is 7. The lowest BCUT2D eigenvalue weighted by Crippen LogP contribution is -2.72. The van der Waals surface area contributed by atoms with Gasteiger partial charge in [0.2, 0.25) is 5.91 Å². The minimum atomic E-state index is -4.02. The summed E-state index contributed by atoms with van der Waals surface area (Å²) in [7, 11) is -4.02. The molecule has 0 unspecified atom stereocenters. The molecule has 0 aromatic heterocycles. The van der Waals surface area contributed by atoms with E-state index < -0.39 is 56.4 Å². The third kappa shape index (κ3) is 4.11. The molecule has 0 aliphatic carbocycles. The van der Waals surface area contributed by atoms with Crippen LogP contribution in [0.4, 0.5) is 0 Å². The molecule has 0 radical (unpaired) electrons. The van der Waals surface area contributed by atoms with E-state index in [1.807, 2.05) is 36.4 Å². The zero-order valence-corrected chi connectivity index (χ0v) is 21.1. The van der Waals surface area contributed by atoms with E-state index in [2.05, 4.69) is 5.32 Å². The van der Waals surface area contributed by atoms with Gasteiger partial charge in [0.25, 0.3) is 5.91 Å². The fourth-order valence-corrected chi connectivity index (χ4v) is 7.12. The van der Waals surface area contributed by atoms with Crippen molar-refractivity contribution in [2.45, 2.75) is 42.7 Å². The molecule has 2 saturated heterocycles. The topological polar surface area (TPSA) is 119 Å². The number of nitrogens with zero attached hydrogens (tertiary/aromatic N) is 1. The van der Waals surface area contributed by atoms with Gasteiger partial charge in [-0.1, -0.05) is 66.7 Å². The molecule has 10 heteroatoms. The van der Waals surface area contributed by atoms with Gasteiger partial charge in [-0.25, -0.2) is 13.2 Å². The molecule has 3 aromatic rings. The summed E-state index contributed by atoms with van der Waals surface area (Å²) in [6.45, 7) is 2.33. The van der Waals surface area contributed by atoms with Gasteiger partial charge in [-0.05, 0) is 30.9 Å². The summed E-state index contributed by atoms with van der Waals surface area (Å²) in [5.74, 6) is -1.61. The molecule has 3 atom stereocenters. The molecule has 2 aliphatic heterocycles.